The Kier molecular flexibility index (Phi) is 5.84. The summed E-state index contributed by atoms with van der Waals surface area (Å²) in [5.74, 6) is -0.979. The molecule has 0 aliphatic heterocycles. The molecule has 7 heteroatoms. The smallest absolute Gasteiger partial charge is 0.336 e. The number of esters is 1. The molecule has 0 saturated carbocycles. The van der Waals surface area contributed by atoms with Crippen molar-refractivity contribution in [3.63, 3.8) is 0 Å². The summed E-state index contributed by atoms with van der Waals surface area (Å²) < 4.78 is 10.2. The topological polar surface area (TPSA) is 78.6 Å². The van der Waals surface area contributed by atoms with Gasteiger partial charge in [-0.05, 0) is 35.9 Å². The minimum absolute atomic E-state index is 0.0127. The van der Waals surface area contributed by atoms with Gasteiger partial charge >= 0.3 is 5.97 Å². The average molecular weight is 366 g/mol. The Morgan fingerprint density at radius 3 is 2.50 bits per heavy atom. The molecular formula is C17H13Cl2NO4. The van der Waals surface area contributed by atoms with Crippen LogP contribution in [0.3, 0.4) is 0 Å². The first-order valence-electron chi connectivity index (χ1n) is 6.73. The lowest BCUT2D eigenvalue weighted by Gasteiger charge is -2.08. The Balaban J connectivity index is 2.20. The van der Waals surface area contributed by atoms with Crippen molar-refractivity contribution in [2.24, 2.45) is 5.73 Å². The molecule has 0 radical (unpaired) electrons. The number of methoxy groups -OCH3 is 1. The number of halogens is 2. The molecule has 2 aromatic carbocycles. The maximum atomic E-state index is 12.0. The number of hydrogen-bond donors (Lipinski definition) is 1. The fraction of sp³-hybridized carbons (Fsp3) is 0.0588. The minimum Gasteiger partial charge on any atom is -0.497 e. The lowest BCUT2D eigenvalue weighted by atomic mass is 10.2. The maximum absolute atomic E-state index is 12.0. The molecule has 0 aliphatic rings. The number of benzene rings is 2. The van der Waals surface area contributed by atoms with Crippen molar-refractivity contribution >= 4 is 41.2 Å². The van der Waals surface area contributed by atoms with Gasteiger partial charge in [0.1, 0.15) is 11.5 Å². The van der Waals surface area contributed by atoms with Gasteiger partial charge in [0, 0.05) is 22.2 Å². The van der Waals surface area contributed by atoms with Crippen molar-refractivity contribution in [2.45, 2.75) is 0 Å². The van der Waals surface area contributed by atoms with E-state index in [1.54, 1.807) is 24.3 Å². The second-order valence-electron chi connectivity index (χ2n) is 4.65. The van der Waals surface area contributed by atoms with E-state index in [1.165, 1.54) is 31.4 Å². The van der Waals surface area contributed by atoms with Crippen LogP contribution in [0.25, 0.3) is 6.08 Å². The molecule has 0 unspecified atom stereocenters. The third-order valence-corrected chi connectivity index (χ3v) is 3.59. The van der Waals surface area contributed by atoms with Gasteiger partial charge in [-0.15, -0.1) is 0 Å². The third kappa shape index (κ3) is 4.50. The largest absolute Gasteiger partial charge is 0.497 e. The second kappa shape index (κ2) is 7.86. The summed E-state index contributed by atoms with van der Waals surface area (Å²) in [7, 11) is 1.45. The standard InChI is InChI=1S/C17H13Cl2NO4/c1-23-12-5-6-13(17(20)22)15(9-12)24-16(21)7-3-10-2-4-11(18)8-14(10)19/h2-9H,1H3,(H2,20,22)/b7-3+. The lowest BCUT2D eigenvalue weighted by Crippen LogP contribution is -2.15. The Hall–Kier alpha value is -2.50. The fourth-order valence-electron chi connectivity index (χ4n) is 1.85. The molecule has 0 saturated heterocycles. The second-order valence-corrected chi connectivity index (χ2v) is 5.49. The van der Waals surface area contributed by atoms with Gasteiger partial charge in [0.15, 0.2) is 0 Å². The lowest BCUT2D eigenvalue weighted by molar-refractivity contribution is -0.128. The van der Waals surface area contributed by atoms with Crippen molar-refractivity contribution < 1.29 is 19.1 Å². The number of nitrogens with two attached hydrogens (primary N) is 1. The van der Waals surface area contributed by atoms with E-state index in [0.29, 0.717) is 21.4 Å². The number of hydrogen-bond acceptors (Lipinski definition) is 4. The summed E-state index contributed by atoms with van der Waals surface area (Å²) in [6, 6.07) is 9.23. The van der Waals surface area contributed by atoms with E-state index in [-0.39, 0.29) is 11.3 Å². The zero-order valence-electron chi connectivity index (χ0n) is 12.6. The molecule has 2 N–H and O–H groups in total. The van der Waals surface area contributed by atoms with Crippen molar-refractivity contribution in [1.82, 2.24) is 0 Å². The maximum Gasteiger partial charge on any atom is 0.336 e. The normalized spacial score (nSPS) is 10.6. The summed E-state index contributed by atoms with van der Waals surface area (Å²) in [6.07, 6.45) is 2.66. The number of carbonyl (C=O) groups excluding carboxylic acids is 2. The fourth-order valence-corrected chi connectivity index (χ4v) is 2.33. The highest BCUT2D eigenvalue weighted by atomic mass is 35.5. The molecule has 1 amide bonds. The van der Waals surface area contributed by atoms with Crippen LogP contribution < -0.4 is 15.2 Å². The zero-order valence-corrected chi connectivity index (χ0v) is 14.1. The molecule has 5 nitrogen and oxygen atoms in total. The van der Waals surface area contributed by atoms with Crippen LogP contribution in [0.5, 0.6) is 11.5 Å². The predicted octanol–water partition coefficient (Wildman–Crippen LogP) is 3.72. The summed E-state index contributed by atoms with van der Waals surface area (Å²) in [6.45, 7) is 0. The van der Waals surface area contributed by atoms with Gasteiger partial charge in [-0.1, -0.05) is 29.3 Å². The first-order valence-corrected chi connectivity index (χ1v) is 7.49. The molecule has 0 fully saturated rings. The number of amides is 1. The minimum atomic E-state index is -0.717. The van der Waals surface area contributed by atoms with Crippen LogP contribution in [-0.2, 0) is 4.79 Å². The van der Waals surface area contributed by atoms with E-state index >= 15 is 0 Å². The molecule has 2 aromatic rings. The Morgan fingerprint density at radius 1 is 1.12 bits per heavy atom. The highest BCUT2D eigenvalue weighted by Crippen LogP contribution is 2.25. The first kappa shape index (κ1) is 17.8. The number of ether oxygens (including phenoxy) is 2. The SMILES string of the molecule is COc1ccc(C(N)=O)c(OC(=O)/C=C/c2ccc(Cl)cc2Cl)c1. The molecule has 2 rings (SSSR count). The number of rotatable bonds is 5. The Morgan fingerprint density at radius 2 is 1.88 bits per heavy atom. The highest BCUT2D eigenvalue weighted by Gasteiger charge is 2.13. The number of carbonyl (C=O) groups is 2. The predicted molar refractivity (Wildman–Crippen MR) is 92.6 cm³/mol. The van der Waals surface area contributed by atoms with Gasteiger partial charge in [0.25, 0.3) is 5.91 Å². The molecule has 0 aliphatic carbocycles. The van der Waals surface area contributed by atoms with Crippen molar-refractivity contribution in [1.29, 1.82) is 0 Å². The van der Waals surface area contributed by atoms with E-state index in [2.05, 4.69) is 0 Å². The quantitative estimate of drug-likeness (QED) is 0.497. The van der Waals surface area contributed by atoms with E-state index in [4.69, 9.17) is 38.4 Å². The monoisotopic (exact) mass is 365 g/mol. The zero-order chi connectivity index (χ0) is 17.7. The van der Waals surface area contributed by atoms with E-state index in [9.17, 15) is 9.59 Å². The number of primary amides is 1. The van der Waals surface area contributed by atoms with Crippen molar-refractivity contribution in [3.8, 4) is 11.5 Å². The molecule has 0 atom stereocenters. The molecule has 124 valence electrons. The summed E-state index contributed by atoms with van der Waals surface area (Å²) in [5.41, 5.74) is 5.93. The third-order valence-electron chi connectivity index (χ3n) is 3.03. The Bertz CT molecular complexity index is 818. The van der Waals surface area contributed by atoms with Crippen LogP contribution in [0, 0.1) is 0 Å². The van der Waals surface area contributed by atoms with Crippen molar-refractivity contribution in [2.75, 3.05) is 7.11 Å². The van der Waals surface area contributed by atoms with Crippen LogP contribution in [0.4, 0.5) is 0 Å². The van der Waals surface area contributed by atoms with Crippen LogP contribution in [0.2, 0.25) is 10.0 Å². The van der Waals surface area contributed by atoms with Gasteiger partial charge in [-0.2, -0.15) is 0 Å². The van der Waals surface area contributed by atoms with Gasteiger partial charge in [0.05, 0.1) is 12.7 Å². The first-order chi connectivity index (χ1) is 11.4. The van der Waals surface area contributed by atoms with E-state index < -0.39 is 11.9 Å². The molecule has 0 aromatic heterocycles. The van der Waals surface area contributed by atoms with Crippen molar-refractivity contribution in [3.05, 3.63) is 63.6 Å². The molecule has 24 heavy (non-hydrogen) atoms. The van der Waals surface area contributed by atoms with Crippen LogP contribution in [0.15, 0.2) is 42.5 Å². The summed E-state index contributed by atoms with van der Waals surface area (Å²) >= 11 is 11.8. The molecule has 0 bridgehead atoms. The average Bonchev–Trinajstić information content (AvgIpc) is 2.53. The van der Waals surface area contributed by atoms with Crippen LogP contribution in [-0.4, -0.2) is 19.0 Å². The van der Waals surface area contributed by atoms with Gasteiger partial charge in [0.2, 0.25) is 0 Å². The molecule has 0 heterocycles. The Labute approximate surface area is 148 Å². The van der Waals surface area contributed by atoms with E-state index in [0.717, 1.165) is 0 Å². The summed E-state index contributed by atoms with van der Waals surface area (Å²) in [5, 5.41) is 0.882. The van der Waals surface area contributed by atoms with E-state index in [1.807, 2.05) is 0 Å². The molecular weight excluding hydrogens is 353 g/mol. The van der Waals surface area contributed by atoms with Crippen LogP contribution >= 0.6 is 23.2 Å². The van der Waals surface area contributed by atoms with Gasteiger partial charge in [-0.3, -0.25) is 4.79 Å². The highest BCUT2D eigenvalue weighted by molar-refractivity contribution is 6.35. The van der Waals surface area contributed by atoms with Crippen LogP contribution in [0.1, 0.15) is 15.9 Å². The van der Waals surface area contributed by atoms with Gasteiger partial charge < -0.3 is 15.2 Å². The van der Waals surface area contributed by atoms with Gasteiger partial charge in [-0.25, -0.2) is 4.79 Å². The molecule has 0 spiro atoms. The summed E-state index contributed by atoms with van der Waals surface area (Å²) in [4.78, 5) is 23.4.